The molecule has 2 rings (SSSR count). The molecular weight excluding hydrogens is 946 g/mol. The Bertz CT molecular complexity index is 1690. The zero-order chi connectivity index (χ0) is 51.5. The summed E-state index contributed by atoms with van der Waals surface area (Å²) in [5.74, 6) is -1.32. The average molecular weight is 1030 g/mol. The number of aliphatic hydroxyl groups excluding tert-OH is 4. The van der Waals surface area contributed by atoms with Gasteiger partial charge >= 0.3 is 27.6 Å². The molecule has 7 unspecified atom stereocenters. The highest BCUT2D eigenvalue weighted by Gasteiger charge is 2.54. The van der Waals surface area contributed by atoms with Gasteiger partial charge < -0.3 is 49.3 Å². The summed E-state index contributed by atoms with van der Waals surface area (Å²) in [6.45, 7) is 2.93. The van der Waals surface area contributed by atoms with Crippen LogP contribution in [0.25, 0.3) is 0 Å². The lowest BCUT2D eigenvalue weighted by Gasteiger charge is -2.43. The van der Waals surface area contributed by atoms with Crippen molar-refractivity contribution in [2.24, 2.45) is 0 Å². The van der Waals surface area contributed by atoms with E-state index in [4.69, 9.17) is 23.3 Å². The van der Waals surface area contributed by atoms with E-state index >= 15 is 0 Å². The van der Waals surface area contributed by atoms with E-state index in [1.54, 1.807) is 0 Å². The van der Waals surface area contributed by atoms with Gasteiger partial charge in [0.2, 0.25) is 0 Å². The monoisotopic (exact) mass is 1030 g/mol. The van der Waals surface area contributed by atoms with E-state index in [1.165, 1.54) is 38.5 Å². The summed E-state index contributed by atoms with van der Waals surface area (Å²) in [5.41, 5.74) is 0. The van der Waals surface area contributed by atoms with Gasteiger partial charge in [-0.3, -0.25) is 23.2 Å². The van der Waals surface area contributed by atoms with Crippen LogP contribution in [0, 0.1) is 0 Å². The largest absolute Gasteiger partial charge is 0.472 e. The Morgan fingerprint density at radius 2 is 1.01 bits per heavy atom. The highest BCUT2D eigenvalue weighted by molar-refractivity contribution is 7.47. The van der Waals surface area contributed by atoms with Crippen molar-refractivity contribution in [2.45, 2.75) is 223 Å². The number of hydrogen-bond acceptors (Lipinski definition) is 14. The summed E-state index contributed by atoms with van der Waals surface area (Å²) >= 11 is 0. The zero-order valence-corrected chi connectivity index (χ0v) is 43.4. The van der Waals surface area contributed by atoms with Crippen molar-refractivity contribution in [3.63, 3.8) is 0 Å². The Morgan fingerprint density at radius 1 is 0.529 bits per heavy atom. The van der Waals surface area contributed by atoms with Crippen LogP contribution in [-0.4, -0.2) is 115 Å². The fourth-order valence-electron chi connectivity index (χ4n) is 7.62. The van der Waals surface area contributed by atoms with Gasteiger partial charge in [-0.1, -0.05) is 151 Å². The van der Waals surface area contributed by atoms with Crippen molar-refractivity contribution < 1.29 is 81.6 Å². The van der Waals surface area contributed by atoms with Gasteiger partial charge in [-0.2, -0.15) is 0 Å². The third-order valence-corrected chi connectivity index (χ3v) is 13.2. The quantitative estimate of drug-likeness (QED) is 0.00988. The number of ether oxygens (including phenoxy) is 3. The fraction of sp³-hybridized carbons (Fsp3) is 0.725. The smallest absolute Gasteiger partial charge is 0.462 e. The molecule has 0 aromatic rings. The lowest BCUT2D eigenvalue weighted by molar-refractivity contribution is -0.216. The minimum Gasteiger partial charge on any atom is -0.462 e. The molecule has 1 saturated heterocycles. The normalized spacial score (nSPS) is 24.5. The second-order valence-electron chi connectivity index (χ2n) is 17.9. The highest BCUT2D eigenvalue weighted by Crippen LogP contribution is 2.49. The molecule has 2 aliphatic rings. The molecule has 1 aliphatic heterocycles. The van der Waals surface area contributed by atoms with Crippen LogP contribution in [0.15, 0.2) is 72.9 Å². The maximum Gasteiger partial charge on any atom is 0.472 e. The van der Waals surface area contributed by atoms with Crippen LogP contribution in [0.1, 0.15) is 168 Å². The first-order chi connectivity index (χ1) is 33.6. The molecule has 402 valence electrons. The predicted octanol–water partition coefficient (Wildman–Crippen LogP) is 9.39. The van der Waals surface area contributed by atoms with Crippen LogP contribution in [-0.2, 0) is 46.5 Å². The number of aliphatic hydroxyl groups is 4. The van der Waals surface area contributed by atoms with E-state index < -0.39 is 83.5 Å². The molecular formula is C51H86O17P2. The SMILES string of the molecule is CC/C=C\CC1OC1C/C=C\C/C=C\C/C=C\C/C=C\CCC(=O)OC[C@H](COP(=O)(O)O[C@H]1C(O)C(O)C(O)[C@@H](OP(=O)(O)O)C1O)OC(=O)CCCCCCCCC/C=C\CCCCCCCC. The predicted molar refractivity (Wildman–Crippen MR) is 268 cm³/mol. The van der Waals surface area contributed by atoms with Gasteiger partial charge in [0, 0.05) is 12.8 Å². The number of hydrogen-bond donors (Lipinski definition) is 7. The van der Waals surface area contributed by atoms with E-state index in [0.717, 1.165) is 83.5 Å². The van der Waals surface area contributed by atoms with Gasteiger partial charge in [-0.15, -0.1) is 0 Å². The molecule has 10 atom stereocenters. The number of carbonyl (C=O) groups is 2. The molecule has 7 N–H and O–H groups in total. The molecule has 1 aliphatic carbocycles. The summed E-state index contributed by atoms with van der Waals surface area (Å²) in [7, 11) is -10.7. The molecule has 19 heteroatoms. The molecule has 17 nitrogen and oxygen atoms in total. The number of esters is 2. The van der Waals surface area contributed by atoms with Crippen molar-refractivity contribution in [3.05, 3.63) is 72.9 Å². The summed E-state index contributed by atoms with van der Waals surface area (Å²) in [6, 6.07) is 0. The molecule has 0 bridgehead atoms. The molecule has 0 radical (unpaired) electrons. The summed E-state index contributed by atoms with van der Waals surface area (Å²) in [4.78, 5) is 54.4. The van der Waals surface area contributed by atoms with Gasteiger partial charge in [0.05, 0.1) is 18.8 Å². The van der Waals surface area contributed by atoms with Gasteiger partial charge in [0.1, 0.15) is 43.2 Å². The lowest BCUT2D eigenvalue weighted by Crippen LogP contribution is -2.64. The van der Waals surface area contributed by atoms with E-state index in [0.29, 0.717) is 31.5 Å². The lowest BCUT2D eigenvalue weighted by atomic mass is 9.85. The second kappa shape index (κ2) is 38.0. The molecule has 0 spiro atoms. The van der Waals surface area contributed by atoms with Gasteiger partial charge in [0.15, 0.2) is 6.10 Å². The van der Waals surface area contributed by atoms with E-state index in [9.17, 15) is 53.8 Å². The van der Waals surface area contributed by atoms with Gasteiger partial charge in [-0.05, 0) is 77.0 Å². The number of epoxide rings is 1. The van der Waals surface area contributed by atoms with Gasteiger partial charge in [0.25, 0.3) is 0 Å². The Kier molecular flexibility index (Phi) is 34.5. The minimum absolute atomic E-state index is 0.0114. The molecule has 2 fully saturated rings. The Hall–Kier alpha value is -2.60. The summed E-state index contributed by atoms with van der Waals surface area (Å²) in [6.07, 6.45) is 33.3. The minimum atomic E-state index is -5.38. The molecule has 0 amide bonds. The number of allylic oxidation sites excluding steroid dienone is 10. The summed E-state index contributed by atoms with van der Waals surface area (Å²) in [5, 5.41) is 41.3. The Labute approximate surface area is 417 Å². The Morgan fingerprint density at radius 3 is 1.57 bits per heavy atom. The van der Waals surface area contributed by atoms with Gasteiger partial charge in [-0.25, -0.2) is 9.13 Å². The van der Waals surface area contributed by atoms with Crippen molar-refractivity contribution in [1.29, 1.82) is 0 Å². The number of phosphoric acid groups is 2. The third-order valence-electron chi connectivity index (χ3n) is 11.7. The van der Waals surface area contributed by atoms with E-state index in [-0.39, 0.29) is 12.8 Å². The Balaban J connectivity index is 1.79. The molecule has 1 heterocycles. The molecule has 1 saturated carbocycles. The maximum atomic E-state index is 13.0. The van der Waals surface area contributed by atoms with Crippen molar-refractivity contribution in [1.82, 2.24) is 0 Å². The van der Waals surface area contributed by atoms with Crippen LogP contribution in [0.2, 0.25) is 0 Å². The number of unbranched alkanes of at least 4 members (excludes halogenated alkanes) is 13. The second-order valence-corrected chi connectivity index (χ2v) is 20.5. The fourth-order valence-corrected chi connectivity index (χ4v) is 9.16. The molecule has 0 aromatic heterocycles. The van der Waals surface area contributed by atoms with Crippen LogP contribution in [0.5, 0.6) is 0 Å². The standard InChI is InChI=1S/C51H86O17P2/c1-3-5-7-8-9-10-11-12-13-14-15-16-21-24-27-30-34-38-45(53)65-41(40-64-70(61,62)68-51-48(56)46(54)47(55)50(49(51)57)67-69(58,59)60)39-63-44(52)37-33-29-26-23-20-18-17-19-22-25-28-32-36-43-42(66-43)35-31-6-4-2/h6,12-13,18-20,22,26,28-29,31-32,41-43,46-51,54-57H,3-5,7-11,14-17,21,23-25,27,30,33-40H2,1-2H3,(H,61,62)(H2,58,59,60)/b13-12-,20-18-,22-19-,29-26-,31-6-,32-28-/t41-,42?,43?,46?,47?,48?,49?,50-,51+/m1/s1. The first-order valence-corrected chi connectivity index (χ1v) is 28.6. The first-order valence-electron chi connectivity index (χ1n) is 25.6. The number of phosphoric ester groups is 2. The molecule has 70 heavy (non-hydrogen) atoms. The van der Waals surface area contributed by atoms with E-state index in [2.05, 4.69) is 73.1 Å². The van der Waals surface area contributed by atoms with Crippen molar-refractivity contribution in [3.8, 4) is 0 Å². The van der Waals surface area contributed by atoms with Crippen LogP contribution in [0.3, 0.4) is 0 Å². The molecule has 0 aromatic carbocycles. The van der Waals surface area contributed by atoms with Crippen molar-refractivity contribution in [2.75, 3.05) is 13.2 Å². The third kappa shape index (κ3) is 31.1. The number of rotatable bonds is 41. The first kappa shape index (κ1) is 63.5. The topological polar surface area (TPSA) is 269 Å². The zero-order valence-electron chi connectivity index (χ0n) is 41.6. The average Bonchev–Trinajstić information content (AvgIpc) is 4.07. The number of carbonyl (C=O) groups excluding carboxylic acids is 2. The highest BCUT2D eigenvalue weighted by atomic mass is 31.2. The maximum absolute atomic E-state index is 13.0. The van der Waals surface area contributed by atoms with Crippen LogP contribution in [0.4, 0.5) is 0 Å². The van der Waals surface area contributed by atoms with Crippen molar-refractivity contribution >= 4 is 27.6 Å². The van der Waals surface area contributed by atoms with Crippen LogP contribution < -0.4 is 0 Å². The summed E-state index contributed by atoms with van der Waals surface area (Å²) < 4.78 is 55.1. The van der Waals surface area contributed by atoms with Crippen LogP contribution >= 0.6 is 15.6 Å². The van der Waals surface area contributed by atoms with E-state index in [1.807, 2.05) is 18.2 Å².